The van der Waals surface area contributed by atoms with Crippen molar-refractivity contribution in [3.63, 3.8) is 0 Å². The Morgan fingerprint density at radius 3 is 2.50 bits per heavy atom. The topological polar surface area (TPSA) is 93.5 Å². The Bertz CT molecular complexity index is 729. The summed E-state index contributed by atoms with van der Waals surface area (Å²) in [4.78, 5) is 22.4. The standard InChI is InChI=1S/C17H19N3O4/c1-12-4-3-5-15(16(12)24-2)17(21)19-11-10-18-13-6-8-14(9-7-13)20(22)23/h3-9,18H,10-11H2,1-2H3,(H,19,21). The average Bonchev–Trinajstić information content (AvgIpc) is 2.58. The number of rotatable bonds is 7. The molecule has 0 spiro atoms. The first-order valence-electron chi connectivity index (χ1n) is 7.43. The number of non-ortho nitro benzene ring substituents is 1. The van der Waals surface area contributed by atoms with E-state index in [0.717, 1.165) is 11.3 Å². The maximum atomic E-state index is 12.2. The van der Waals surface area contributed by atoms with E-state index >= 15 is 0 Å². The molecule has 0 saturated carbocycles. The van der Waals surface area contributed by atoms with Crippen LogP contribution in [0, 0.1) is 17.0 Å². The minimum Gasteiger partial charge on any atom is -0.496 e. The molecule has 0 aliphatic rings. The summed E-state index contributed by atoms with van der Waals surface area (Å²) in [7, 11) is 1.54. The molecule has 0 radical (unpaired) electrons. The van der Waals surface area contributed by atoms with Gasteiger partial charge in [-0.25, -0.2) is 0 Å². The normalized spacial score (nSPS) is 10.1. The molecule has 2 rings (SSSR count). The summed E-state index contributed by atoms with van der Waals surface area (Å²) in [6.07, 6.45) is 0. The molecule has 2 aromatic rings. The Morgan fingerprint density at radius 1 is 1.17 bits per heavy atom. The molecule has 0 aliphatic carbocycles. The number of hydrogen-bond donors (Lipinski definition) is 2. The van der Waals surface area contributed by atoms with Crippen molar-refractivity contribution in [2.75, 3.05) is 25.5 Å². The number of nitrogens with one attached hydrogen (secondary N) is 2. The molecular weight excluding hydrogens is 310 g/mol. The molecule has 126 valence electrons. The third-order valence-corrected chi connectivity index (χ3v) is 3.48. The molecule has 1 amide bonds. The fourth-order valence-electron chi connectivity index (χ4n) is 2.28. The van der Waals surface area contributed by atoms with E-state index in [1.54, 1.807) is 18.2 Å². The number of nitro groups is 1. The maximum Gasteiger partial charge on any atom is 0.269 e. The van der Waals surface area contributed by atoms with E-state index in [4.69, 9.17) is 4.74 Å². The second-order valence-electron chi connectivity index (χ2n) is 5.14. The zero-order valence-electron chi connectivity index (χ0n) is 13.5. The lowest BCUT2D eigenvalue weighted by Gasteiger charge is -2.12. The van der Waals surface area contributed by atoms with Gasteiger partial charge in [-0.05, 0) is 30.7 Å². The molecule has 7 heteroatoms. The van der Waals surface area contributed by atoms with Gasteiger partial charge in [-0.2, -0.15) is 0 Å². The number of benzene rings is 2. The first-order valence-corrected chi connectivity index (χ1v) is 7.43. The van der Waals surface area contributed by atoms with Crippen molar-refractivity contribution in [2.45, 2.75) is 6.92 Å². The smallest absolute Gasteiger partial charge is 0.269 e. The van der Waals surface area contributed by atoms with Gasteiger partial charge in [0.2, 0.25) is 0 Å². The summed E-state index contributed by atoms with van der Waals surface area (Å²) in [5.74, 6) is 0.361. The van der Waals surface area contributed by atoms with Crippen LogP contribution in [0.25, 0.3) is 0 Å². The lowest BCUT2D eigenvalue weighted by atomic mass is 10.1. The lowest BCUT2D eigenvalue weighted by molar-refractivity contribution is -0.384. The Kier molecular flexibility index (Phi) is 5.73. The van der Waals surface area contributed by atoms with Gasteiger partial charge in [0.15, 0.2) is 0 Å². The van der Waals surface area contributed by atoms with Crippen molar-refractivity contribution in [1.29, 1.82) is 0 Å². The molecule has 0 aliphatic heterocycles. The van der Waals surface area contributed by atoms with Crippen LogP contribution in [0.5, 0.6) is 5.75 Å². The Balaban J connectivity index is 1.85. The SMILES string of the molecule is COc1c(C)cccc1C(=O)NCCNc1ccc([N+](=O)[O-])cc1. The number of anilines is 1. The van der Waals surface area contributed by atoms with Gasteiger partial charge >= 0.3 is 0 Å². The third-order valence-electron chi connectivity index (χ3n) is 3.48. The Morgan fingerprint density at radius 2 is 1.88 bits per heavy atom. The number of aryl methyl sites for hydroxylation is 1. The van der Waals surface area contributed by atoms with E-state index in [1.165, 1.54) is 19.2 Å². The van der Waals surface area contributed by atoms with Crippen LogP contribution in [0.4, 0.5) is 11.4 Å². The quantitative estimate of drug-likeness (QED) is 0.463. The number of ether oxygens (including phenoxy) is 1. The fraction of sp³-hybridized carbons (Fsp3) is 0.235. The molecule has 0 fully saturated rings. The predicted molar refractivity (Wildman–Crippen MR) is 91.7 cm³/mol. The van der Waals surface area contributed by atoms with E-state index in [-0.39, 0.29) is 11.6 Å². The molecular formula is C17H19N3O4. The summed E-state index contributed by atoms with van der Waals surface area (Å²) < 4.78 is 5.27. The maximum absolute atomic E-state index is 12.2. The van der Waals surface area contributed by atoms with E-state index in [1.807, 2.05) is 19.1 Å². The summed E-state index contributed by atoms with van der Waals surface area (Å²) in [6.45, 7) is 2.79. The van der Waals surface area contributed by atoms with Gasteiger partial charge in [-0.3, -0.25) is 14.9 Å². The van der Waals surface area contributed by atoms with Crippen molar-refractivity contribution in [1.82, 2.24) is 5.32 Å². The van der Waals surface area contributed by atoms with Crippen LogP contribution < -0.4 is 15.4 Å². The van der Waals surface area contributed by atoms with Gasteiger partial charge in [0.25, 0.3) is 11.6 Å². The van der Waals surface area contributed by atoms with E-state index in [0.29, 0.717) is 24.4 Å². The highest BCUT2D eigenvalue weighted by atomic mass is 16.6. The van der Waals surface area contributed by atoms with Gasteiger partial charge in [-0.15, -0.1) is 0 Å². The van der Waals surface area contributed by atoms with Crippen molar-refractivity contribution >= 4 is 17.3 Å². The Labute approximate surface area is 139 Å². The molecule has 7 nitrogen and oxygen atoms in total. The van der Waals surface area contributed by atoms with Crippen molar-refractivity contribution in [2.24, 2.45) is 0 Å². The lowest BCUT2D eigenvalue weighted by Crippen LogP contribution is -2.29. The van der Waals surface area contributed by atoms with E-state index in [2.05, 4.69) is 10.6 Å². The molecule has 0 unspecified atom stereocenters. The number of methoxy groups -OCH3 is 1. The summed E-state index contributed by atoms with van der Waals surface area (Å²) in [6, 6.07) is 11.5. The van der Waals surface area contributed by atoms with Crippen molar-refractivity contribution in [3.05, 3.63) is 63.7 Å². The van der Waals surface area contributed by atoms with Gasteiger partial charge in [0.1, 0.15) is 5.75 Å². The molecule has 0 atom stereocenters. The number of hydrogen-bond acceptors (Lipinski definition) is 5. The molecule has 0 saturated heterocycles. The van der Waals surface area contributed by atoms with Crippen molar-refractivity contribution < 1.29 is 14.5 Å². The van der Waals surface area contributed by atoms with Crippen LogP contribution >= 0.6 is 0 Å². The minimum atomic E-state index is -0.445. The van der Waals surface area contributed by atoms with Crippen LogP contribution in [-0.4, -0.2) is 31.0 Å². The fourth-order valence-corrected chi connectivity index (χ4v) is 2.28. The third kappa shape index (κ3) is 4.22. The van der Waals surface area contributed by atoms with Gasteiger partial charge in [0.05, 0.1) is 17.6 Å². The van der Waals surface area contributed by atoms with Gasteiger partial charge in [0, 0.05) is 30.9 Å². The number of nitro benzene ring substituents is 1. The monoisotopic (exact) mass is 329 g/mol. The summed E-state index contributed by atoms with van der Waals surface area (Å²) >= 11 is 0. The average molecular weight is 329 g/mol. The van der Waals surface area contributed by atoms with Gasteiger partial charge < -0.3 is 15.4 Å². The highest BCUT2D eigenvalue weighted by Crippen LogP contribution is 2.22. The van der Waals surface area contributed by atoms with Crippen LogP contribution in [0.3, 0.4) is 0 Å². The van der Waals surface area contributed by atoms with Crippen LogP contribution in [-0.2, 0) is 0 Å². The largest absolute Gasteiger partial charge is 0.496 e. The number of carbonyl (C=O) groups is 1. The zero-order valence-corrected chi connectivity index (χ0v) is 13.5. The van der Waals surface area contributed by atoms with E-state index < -0.39 is 4.92 Å². The van der Waals surface area contributed by atoms with Crippen LogP contribution in [0.1, 0.15) is 15.9 Å². The Hall–Kier alpha value is -3.09. The molecule has 24 heavy (non-hydrogen) atoms. The number of nitrogens with zero attached hydrogens (tertiary/aromatic N) is 1. The molecule has 2 N–H and O–H groups in total. The zero-order chi connectivity index (χ0) is 17.5. The highest BCUT2D eigenvalue weighted by molar-refractivity contribution is 5.97. The second-order valence-corrected chi connectivity index (χ2v) is 5.14. The number of amides is 1. The minimum absolute atomic E-state index is 0.0420. The first kappa shape index (κ1) is 17.3. The van der Waals surface area contributed by atoms with Crippen molar-refractivity contribution in [3.8, 4) is 5.75 Å². The van der Waals surface area contributed by atoms with Gasteiger partial charge in [-0.1, -0.05) is 12.1 Å². The number of para-hydroxylation sites is 1. The molecule has 0 bridgehead atoms. The first-order chi connectivity index (χ1) is 11.5. The summed E-state index contributed by atoms with van der Waals surface area (Å²) in [5.41, 5.74) is 2.19. The van der Waals surface area contributed by atoms with Crippen LogP contribution in [0.2, 0.25) is 0 Å². The summed E-state index contributed by atoms with van der Waals surface area (Å²) in [5, 5.41) is 16.5. The second kappa shape index (κ2) is 7.96. The molecule has 0 aromatic heterocycles. The van der Waals surface area contributed by atoms with Crippen LogP contribution in [0.15, 0.2) is 42.5 Å². The van der Waals surface area contributed by atoms with E-state index in [9.17, 15) is 14.9 Å². The highest BCUT2D eigenvalue weighted by Gasteiger charge is 2.13. The molecule has 2 aromatic carbocycles. The molecule has 0 heterocycles. The number of carbonyl (C=O) groups excluding carboxylic acids is 1. The predicted octanol–water partition coefficient (Wildman–Crippen LogP) is 2.75.